The third kappa shape index (κ3) is 3.79. The van der Waals surface area contributed by atoms with E-state index in [0.29, 0.717) is 13.2 Å². The average Bonchev–Trinajstić information content (AvgIpc) is 3.16. The lowest BCUT2D eigenvalue weighted by Crippen LogP contribution is -2.43. The van der Waals surface area contributed by atoms with Crippen LogP contribution in [0.25, 0.3) is 10.9 Å². The molecule has 1 amide bonds. The lowest BCUT2D eigenvalue weighted by molar-refractivity contribution is -0.00784. The minimum absolute atomic E-state index is 0.0660. The van der Waals surface area contributed by atoms with E-state index < -0.39 is 0 Å². The average molecular weight is 389 g/mol. The molecular weight excluding hydrogens is 362 g/mol. The number of carbonyl (C=O) groups excluding carboxylic acids is 1. The molecule has 1 aromatic carbocycles. The van der Waals surface area contributed by atoms with Gasteiger partial charge in [0.2, 0.25) is 0 Å². The fourth-order valence-electron chi connectivity index (χ4n) is 4.67. The van der Waals surface area contributed by atoms with Crippen LogP contribution >= 0.6 is 0 Å². The zero-order valence-corrected chi connectivity index (χ0v) is 16.7. The van der Waals surface area contributed by atoms with Crippen LogP contribution < -0.4 is 0 Å². The summed E-state index contributed by atoms with van der Waals surface area (Å²) in [6.07, 6.45) is 8.57. The molecular formula is C24H27N3O2. The molecule has 3 aromatic rings. The van der Waals surface area contributed by atoms with Crippen molar-refractivity contribution in [2.45, 2.75) is 51.2 Å². The number of H-pyrrole nitrogens is 1. The van der Waals surface area contributed by atoms with Gasteiger partial charge >= 0.3 is 0 Å². The van der Waals surface area contributed by atoms with Crippen molar-refractivity contribution in [2.24, 2.45) is 0 Å². The summed E-state index contributed by atoms with van der Waals surface area (Å²) in [5.41, 5.74) is 5.60. The molecule has 29 heavy (non-hydrogen) atoms. The van der Waals surface area contributed by atoms with Crippen molar-refractivity contribution in [2.75, 3.05) is 13.1 Å². The lowest BCUT2D eigenvalue weighted by Gasteiger charge is -2.32. The molecule has 1 fully saturated rings. The Kier molecular flexibility index (Phi) is 5.06. The predicted molar refractivity (Wildman–Crippen MR) is 113 cm³/mol. The summed E-state index contributed by atoms with van der Waals surface area (Å²) < 4.78 is 6.05. The van der Waals surface area contributed by atoms with E-state index in [2.05, 4.69) is 16.0 Å². The monoisotopic (exact) mass is 389 g/mol. The Labute approximate surface area is 171 Å². The topological polar surface area (TPSA) is 58.2 Å². The number of likely N-dealkylation sites (tertiary alicyclic amines) is 1. The molecule has 0 saturated carbocycles. The highest BCUT2D eigenvalue weighted by Crippen LogP contribution is 2.30. The van der Waals surface area contributed by atoms with Gasteiger partial charge in [-0.15, -0.1) is 0 Å². The number of hydrogen-bond acceptors (Lipinski definition) is 3. The molecule has 0 bridgehead atoms. The van der Waals surface area contributed by atoms with Gasteiger partial charge in [-0.05, 0) is 68.4 Å². The first-order valence-corrected chi connectivity index (χ1v) is 10.7. The van der Waals surface area contributed by atoms with Crippen LogP contribution in [0.15, 0.2) is 42.6 Å². The summed E-state index contributed by atoms with van der Waals surface area (Å²) in [6, 6.07) is 12.0. The number of rotatable bonds is 4. The van der Waals surface area contributed by atoms with E-state index in [1.165, 1.54) is 29.5 Å². The number of pyridine rings is 1. The third-order valence-electron chi connectivity index (χ3n) is 6.20. The number of aromatic amines is 1. The molecule has 2 aliphatic rings. The first kappa shape index (κ1) is 18.4. The molecule has 1 aliphatic heterocycles. The zero-order chi connectivity index (χ0) is 19.6. The first-order chi connectivity index (χ1) is 14.3. The Morgan fingerprint density at radius 2 is 2.10 bits per heavy atom. The number of benzene rings is 1. The Hall–Kier alpha value is -2.66. The number of ether oxygens (including phenoxy) is 1. The maximum Gasteiger partial charge on any atom is 0.254 e. The SMILES string of the molecule is O=C(c1ccc2c3c([nH]c2c1)CCCC3)N1CCCC(OCc2ccccn2)C1. The Morgan fingerprint density at radius 3 is 3.00 bits per heavy atom. The highest BCUT2D eigenvalue weighted by molar-refractivity contribution is 5.99. The molecule has 5 rings (SSSR count). The van der Waals surface area contributed by atoms with Crippen molar-refractivity contribution >= 4 is 16.8 Å². The number of carbonyl (C=O) groups is 1. The fourth-order valence-corrected chi connectivity index (χ4v) is 4.67. The van der Waals surface area contributed by atoms with Gasteiger partial charge in [-0.1, -0.05) is 12.1 Å². The predicted octanol–water partition coefficient (Wildman–Crippen LogP) is 4.26. The minimum atomic E-state index is 0.0660. The summed E-state index contributed by atoms with van der Waals surface area (Å²) >= 11 is 0. The van der Waals surface area contributed by atoms with Crippen LogP contribution in [0.5, 0.6) is 0 Å². The maximum absolute atomic E-state index is 13.2. The standard InChI is InChI=1S/C24H27N3O2/c28-24(17-10-11-21-20-8-1-2-9-22(20)26-23(21)14-17)27-13-5-7-19(15-27)29-16-18-6-3-4-12-25-18/h3-4,6,10-12,14,19,26H,1-2,5,7-9,13,15-16H2. The molecule has 150 valence electrons. The number of amides is 1. The van der Waals surface area contributed by atoms with E-state index in [1.54, 1.807) is 6.20 Å². The van der Waals surface area contributed by atoms with Gasteiger partial charge < -0.3 is 14.6 Å². The van der Waals surface area contributed by atoms with Gasteiger partial charge in [0.15, 0.2) is 0 Å². The second kappa shape index (κ2) is 7.99. The maximum atomic E-state index is 13.2. The number of aromatic nitrogens is 2. The summed E-state index contributed by atoms with van der Waals surface area (Å²) in [4.78, 5) is 23.0. The van der Waals surface area contributed by atoms with E-state index in [4.69, 9.17) is 4.74 Å². The molecule has 0 spiro atoms. The van der Waals surface area contributed by atoms with Crippen molar-refractivity contribution in [1.82, 2.24) is 14.9 Å². The van der Waals surface area contributed by atoms with Gasteiger partial charge in [-0.3, -0.25) is 9.78 Å². The second-order valence-electron chi connectivity index (χ2n) is 8.20. The van der Waals surface area contributed by atoms with Gasteiger partial charge in [0, 0.05) is 41.4 Å². The van der Waals surface area contributed by atoms with E-state index in [1.807, 2.05) is 35.2 Å². The van der Waals surface area contributed by atoms with Gasteiger partial charge in [0.1, 0.15) is 0 Å². The van der Waals surface area contributed by atoms with Crippen LogP contribution in [0.1, 0.15) is 53.0 Å². The zero-order valence-electron chi connectivity index (χ0n) is 16.7. The highest BCUT2D eigenvalue weighted by Gasteiger charge is 2.26. The van der Waals surface area contributed by atoms with Crippen molar-refractivity contribution in [3.8, 4) is 0 Å². The molecule has 1 aliphatic carbocycles. The van der Waals surface area contributed by atoms with Crippen molar-refractivity contribution < 1.29 is 9.53 Å². The number of nitrogens with zero attached hydrogens (tertiary/aromatic N) is 2. The third-order valence-corrected chi connectivity index (χ3v) is 6.20. The molecule has 0 radical (unpaired) electrons. The number of hydrogen-bond donors (Lipinski definition) is 1. The Balaban J connectivity index is 1.28. The summed E-state index contributed by atoms with van der Waals surface area (Å²) in [7, 11) is 0. The van der Waals surface area contributed by atoms with Gasteiger partial charge in [0.05, 0.1) is 18.4 Å². The summed E-state index contributed by atoms with van der Waals surface area (Å²) in [5, 5.41) is 1.28. The molecule has 1 atom stereocenters. The van der Waals surface area contributed by atoms with Crippen molar-refractivity contribution in [3.05, 3.63) is 65.1 Å². The second-order valence-corrected chi connectivity index (χ2v) is 8.20. The number of nitrogens with one attached hydrogen (secondary N) is 1. The van der Waals surface area contributed by atoms with E-state index in [9.17, 15) is 4.79 Å². The van der Waals surface area contributed by atoms with Crippen LogP contribution in [-0.2, 0) is 24.2 Å². The largest absolute Gasteiger partial charge is 0.370 e. The van der Waals surface area contributed by atoms with Crippen molar-refractivity contribution in [1.29, 1.82) is 0 Å². The fraction of sp³-hybridized carbons (Fsp3) is 0.417. The minimum Gasteiger partial charge on any atom is -0.370 e. The van der Waals surface area contributed by atoms with Crippen molar-refractivity contribution in [3.63, 3.8) is 0 Å². The number of fused-ring (bicyclic) bond motifs is 3. The molecule has 5 nitrogen and oxygen atoms in total. The smallest absolute Gasteiger partial charge is 0.254 e. The molecule has 1 N–H and O–H groups in total. The van der Waals surface area contributed by atoms with Crippen LogP contribution in [0.3, 0.4) is 0 Å². The van der Waals surface area contributed by atoms with Gasteiger partial charge in [0.25, 0.3) is 5.91 Å². The van der Waals surface area contributed by atoms with Crippen LogP contribution in [0.4, 0.5) is 0 Å². The molecule has 3 heterocycles. The quantitative estimate of drug-likeness (QED) is 0.725. The lowest BCUT2D eigenvalue weighted by atomic mass is 9.95. The van der Waals surface area contributed by atoms with E-state index in [0.717, 1.165) is 49.0 Å². The molecule has 5 heteroatoms. The van der Waals surface area contributed by atoms with Crippen LogP contribution in [0, 0.1) is 0 Å². The van der Waals surface area contributed by atoms with Crippen LogP contribution in [0.2, 0.25) is 0 Å². The normalized spacial score (nSPS) is 19.3. The molecule has 1 unspecified atom stereocenters. The number of piperidine rings is 1. The van der Waals surface area contributed by atoms with E-state index in [-0.39, 0.29) is 12.0 Å². The Morgan fingerprint density at radius 1 is 1.17 bits per heavy atom. The molecule has 1 saturated heterocycles. The summed E-state index contributed by atoms with van der Waals surface area (Å²) in [6.45, 7) is 1.93. The van der Waals surface area contributed by atoms with Gasteiger partial charge in [-0.25, -0.2) is 0 Å². The highest BCUT2D eigenvalue weighted by atomic mass is 16.5. The Bertz CT molecular complexity index is 1010. The van der Waals surface area contributed by atoms with Crippen LogP contribution in [-0.4, -0.2) is 40.0 Å². The number of aryl methyl sites for hydroxylation is 2. The van der Waals surface area contributed by atoms with E-state index >= 15 is 0 Å². The molecule has 2 aromatic heterocycles. The first-order valence-electron chi connectivity index (χ1n) is 10.7. The summed E-state index contributed by atoms with van der Waals surface area (Å²) in [5.74, 6) is 0.102. The van der Waals surface area contributed by atoms with Gasteiger partial charge in [-0.2, -0.15) is 0 Å².